The topological polar surface area (TPSA) is 48.3 Å². The van der Waals surface area contributed by atoms with Gasteiger partial charge in [0.05, 0.1) is 23.7 Å². The van der Waals surface area contributed by atoms with E-state index in [2.05, 4.69) is 10.3 Å². The van der Waals surface area contributed by atoms with Crippen LogP contribution in [0.15, 0.2) is 43.0 Å². The van der Waals surface area contributed by atoms with E-state index in [1.54, 1.807) is 26.7 Å². The van der Waals surface area contributed by atoms with Crippen molar-refractivity contribution in [3.63, 3.8) is 0 Å². The molecule has 0 amide bonds. The molecule has 2 rings (SSSR count). The Morgan fingerprint density at radius 1 is 1.21 bits per heavy atom. The minimum atomic E-state index is -0.296. The Morgan fingerprint density at radius 2 is 1.95 bits per heavy atom. The van der Waals surface area contributed by atoms with Gasteiger partial charge < -0.3 is 19.4 Å². The van der Waals surface area contributed by atoms with Crippen molar-refractivity contribution in [3.05, 3.63) is 43.0 Å². The van der Waals surface area contributed by atoms with Gasteiger partial charge in [0.15, 0.2) is 6.29 Å². The highest BCUT2D eigenvalue weighted by molar-refractivity contribution is 5.61. The van der Waals surface area contributed by atoms with Crippen molar-refractivity contribution in [2.24, 2.45) is 0 Å². The summed E-state index contributed by atoms with van der Waals surface area (Å²) in [6.45, 7) is 2.02. The summed E-state index contributed by atoms with van der Waals surface area (Å²) in [5, 5.41) is 3.40. The highest BCUT2D eigenvalue weighted by Gasteiger charge is 2.16. The predicted octanol–water partition coefficient (Wildman–Crippen LogP) is 2.29. The van der Waals surface area contributed by atoms with E-state index >= 15 is 0 Å². The molecule has 0 saturated carbocycles. The van der Waals surface area contributed by atoms with Crippen LogP contribution in [0.2, 0.25) is 0 Å². The molecule has 5 heteroatoms. The first-order chi connectivity index (χ1) is 9.26. The molecule has 1 atom stereocenters. The molecule has 0 aliphatic heterocycles. The third-order valence-electron chi connectivity index (χ3n) is 2.94. The molecule has 0 aliphatic carbocycles. The zero-order chi connectivity index (χ0) is 13.7. The van der Waals surface area contributed by atoms with Crippen LogP contribution < -0.4 is 5.32 Å². The highest BCUT2D eigenvalue weighted by Crippen LogP contribution is 2.21. The lowest BCUT2D eigenvalue weighted by Gasteiger charge is -2.24. The van der Waals surface area contributed by atoms with Gasteiger partial charge in [0, 0.05) is 26.6 Å². The molecule has 0 saturated heterocycles. The Morgan fingerprint density at radius 3 is 2.58 bits per heavy atom. The van der Waals surface area contributed by atoms with Crippen molar-refractivity contribution in [2.75, 3.05) is 19.5 Å². The number of nitrogens with one attached hydrogen (secondary N) is 1. The second kappa shape index (κ2) is 6.36. The Labute approximate surface area is 113 Å². The molecule has 0 fully saturated rings. The number of aromatic nitrogens is 2. The zero-order valence-corrected chi connectivity index (χ0v) is 11.4. The molecule has 0 aliphatic rings. The molecule has 1 aromatic carbocycles. The van der Waals surface area contributed by atoms with Crippen LogP contribution in [0.1, 0.15) is 6.92 Å². The largest absolute Gasteiger partial charge is 0.376 e. The first-order valence-electron chi connectivity index (χ1n) is 6.15. The summed E-state index contributed by atoms with van der Waals surface area (Å²) in [7, 11) is 3.27. The van der Waals surface area contributed by atoms with Crippen molar-refractivity contribution in [3.8, 4) is 5.69 Å². The minimum absolute atomic E-state index is 0.0275. The van der Waals surface area contributed by atoms with Crippen LogP contribution in [0.25, 0.3) is 5.69 Å². The molecule has 102 valence electrons. The van der Waals surface area contributed by atoms with Crippen LogP contribution >= 0.6 is 0 Å². The molecule has 2 aromatic rings. The monoisotopic (exact) mass is 261 g/mol. The molecule has 1 heterocycles. The number of para-hydroxylation sites is 2. The van der Waals surface area contributed by atoms with Gasteiger partial charge >= 0.3 is 0 Å². The maximum absolute atomic E-state index is 5.26. The van der Waals surface area contributed by atoms with E-state index in [1.807, 2.05) is 42.0 Å². The molecule has 0 spiro atoms. The summed E-state index contributed by atoms with van der Waals surface area (Å²) in [4.78, 5) is 4.07. The summed E-state index contributed by atoms with van der Waals surface area (Å²) in [6.07, 6.45) is 5.15. The van der Waals surface area contributed by atoms with Crippen molar-refractivity contribution >= 4 is 5.69 Å². The van der Waals surface area contributed by atoms with Gasteiger partial charge in [0.2, 0.25) is 0 Å². The lowest BCUT2D eigenvalue weighted by Crippen LogP contribution is -2.34. The van der Waals surface area contributed by atoms with Gasteiger partial charge in [-0.05, 0) is 19.1 Å². The van der Waals surface area contributed by atoms with Gasteiger partial charge in [-0.1, -0.05) is 12.1 Å². The first kappa shape index (κ1) is 13.6. The predicted molar refractivity (Wildman–Crippen MR) is 74.5 cm³/mol. The van der Waals surface area contributed by atoms with E-state index in [0.29, 0.717) is 0 Å². The van der Waals surface area contributed by atoms with E-state index in [9.17, 15) is 0 Å². The van der Waals surface area contributed by atoms with Crippen LogP contribution in [-0.4, -0.2) is 36.1 Å². The average Bonchev–Trinajstić information content (AvgIpc) is 2.94. The van der Waals surface area contributed by atoms with E-state index in [1.165, 1.54) is 0 Å². The maximum atomic E-state index is 5.26. The fraction of sp³-hybridized carbons (Fsp3) is 0.357. The molecule has 0 bridgehead atoms. The fourth-order valence-electron chi connectivity index (χ4n) is 2.04. The molecule has 1 aromatic heterocycles. The number of nitrogens with zero attached hydrogens (tertiary/aromatic N) is 2. The van der Waals surface area contributed by atoms with Crippen molar-refractivity contribution in [1.29, 1.82) is 0 Å². The second-order valence-electron chi connectivity index (χ2n) is 4.26. The van der Waals surface area contributed by atoms with Crippen LogP contribution in [0.3, 0.4) is 0 Å². The Bertz CT molecular complexity index is 495. The number of hydrogen-bond acceptors (Lipinski definition) is 4. The molecule has 19 heavy (non-hydrogen) atoms. The number of benzene rings is 1. The zero-order valence-electron chi connectivity index (χ0n) is 11.4. The van der Waals surface area contributed by atoms with Gasteiger partial charge in [0.1, 0.15) is 0 Å². The Hall–Kier alpha value is -1.85. The van der Waals surface area contributed by atoms with Gasteiger partial charge in [-0.3, -0.25) is 0 Å². The van der Waals surface area contributed by atoms with E-state index < -0.39 is 0 Å². The second-order valence-corrected chi connectivity index (χ2v) is 4.26. The summed E-state index contributed by atoms with van der Waals surface area (Å²) in [6, 6.07) is 8.07. The van der Waals surface area contributed by atoms with Crippen LogP contribution in [0, 0.1) is 0 Å². The summed E-state index contributed by atoms with van der Waals surface area (Å²) in [5.41, 5.74) is 2.05. The van der Waals surface area contributed by atoms with E-state index in [4.69, 9.17) is 9.47 Å². The van der Waals surface area contributed by atoms with Gasteiger partial charge in [-0.15, -0.1) is 0 Å². The third-order valence-corrected chi connectivity index (χ3v) is 2.94. The molecular formula is C14H19N3O2. The minimum Gasteiger partial charge on any atom is -0.376 e. The summed E-state index contributed by atoms with van der Waals surface area (Å²) < 4.78 is 12.5. The Balaban J connectivity index is 2.21. The van der Waals surface area contributed by atoms with Crippen LogP contribution in [0.5, 0.6) is 0 Å². The number of anilines is 1. The molecule has 5 nitrogen and oxygen atoms in total. The molecule has 0 radical (unpaired) electrons. The van der Waals surface area contributed by atoms with E-state index in [-0.39, 0.29) is 12.3 Å². The van der Waals surface area contributed by atoms with Crippen molar-refractivity contribution in [2.45, 2.75) is 19.3 Å². The number of methoxy groups -OCH3 is 2. The number of ether oxygens (including phenoxy) is 2. The third kappa shape index (κ3) is 3.13. The quantitative estimate of drug-likeness (QED) is 0.811. The normalized spacial score (nSPS) is 12.6. The van der Waals surface area contributed by atoms with Crippen molar-refractivity contribution in [1.82, 2.24) is 9.55 Å². The SMILES string of the molecule is COC(OC)C(C)Nc1ccccc1-n1ccnc1. The first-order valence-corrected chi connectivity index (χ1v) is 6.15. The summed E-state index contributed by atoms with van der Waals surface area (Å²) >= 11 is 0. The number of imidazole rings is 1. The maximum Gasteiger partial charge on any atom is 0.176 e. The number of hydrogen-bond donors (Lipinski definition) is 1. The smallest absolute Gasteiger partial charge is 0.176 e. The van der Waals surface area contributed by atoms with Gasteiger partial charge in [-0.25, -0.2) is 4.98 Å². The molecule has 1 unspecified atom stereocenters. The van der Waals surface area contributed by atoms with Crippen LogP contribution in [0.4, 0.5) is 5.69 Å². The lowest BCUT2D eigenvalue weighted by atomic mass is 10.2. The molecular weight excluding hydrogens is 242 g/mol. The van der Waals surface area contributed by atoms with Gasteiger partial charge in [0.25, 0.3) is 0 Å². The van der Waals surface area contributed by atoms with Crippen LogP contribution in [-0.2, 0) is 9.47 Å². The fourth-order valence-corrected chi connectivity index (χ4v) is 2.04. The Kier molecular flexibility index (Phi) is 4.54. The van der Waals surface area contributed by atoms with E-state index in [0.717, 1.165) is 11.4 Å². The summed E-state index contributed by atoms with van der Waals surface area (Å²) in [5.74, 6) is 0. The molecule has 1 N–H and O–H groups in total. The average molecular weight is 261 g/mol. The van der Waals surface area contributed by atoms with Crippen molar-refractivity contribution < 1.29 is 9.47 Å². The highest BCUT2D eigenvalue weighted by atomic mass is 16.7. The van der Waals surface area contributed by atoms with Gasteiger partial charge in [-0.2, -0.15) is 0 Å². The number of rotatable bonds is 6. The lowest BCUT2D eigenvalue weighted by molar-refractivity contribution is -0.109. The standard InChI is InChI=1S/C14H19N3O2/c1-11(14(18-2)19-3)16-12-6-4-5-7-13(12)17-9-8-15-10-17/h4-11,14,16H,1-3H3.